The monoisotopic (exact) mass is 302 g/mol. The molecule has 22 heavy (non-hydrogen) atoms. The summed E-state index contributed by atoms with van der Waals surface area (Å²) in [5, 5.41) is 10.7. The summed E-state index contributed by atoms with van der Waals surface area (Å²) in [6.07, 6.45) is 0.557. The number of benzene rings is 1. The number of rotatable bonds is 5. The van der Waals surface area contributed by atoms with Gasteiger partial charge in [0.25, 0.3) is 5.91 Å². The van der Waals surface area contributed by atoms with Crippen LogP contribution < -0.4 is 15.6 Å². The van der Waals surface area contributed by atoms with Crippen molar-refractivity contribution in [3.05, 3.63) is 30.3 Å². The van der Waals surface area contributed by atoms with Crippen molar-refractivity contribution in [1.82, 2.24) is 10.6 Å². The highest BCUT2D eigenvalue weighted by atomic mass is 16.2. The third-order valence-electron chi connectivity index (χ3n) is 3.08. The molecule has 1 heterocycles. The molecule has 116 valence electrons. The van der Waals surface area contributed by atoms with E-state index in [1.807, 2.05) is 6.07 Å². The van der Waals surface area contributed by atoms with Gasteiger partial charge in [-0.05, 0) is 12.1 Å². The number of carbonyl (C=O) groups excluding carboxylic acids is 3. The lowest BCUT2D eigenvalue weighted by Gasteiger charge is -2.23. The number of amides is 3. The number of nitrogens with zero attached hydrogens (tertiary/aromatic N) is 2. The van der Waals surface area contributed by atoms with Gasteiger partial charge in [-0.3, -0.25) is 14.4 Å². The fourth-order valence-electron chi connectivity index (χ4n) is 2.00. The van der Waals surface area contributed by atoms with Crippen LogP contribution in [-0.2, 0) is 14.4 Å². The maximum atomic E-state index is 12.0. The number of para-hydroxylation sites is 1. The maximum Gasteiger partial charge on any atom is 0.267 e. The molecule has 7 nitrogen and oxygen atoms in total. The van der Waals surface area contributed by atoms with Crippen LogP contribution in [0.4, 0.5) is 5.69 Å². The Morgan fingerprint density at radius 3 is 2.50 bits per heavy atom. The van der Waals surface area contributed by atoms with E-state index in [1.54, 1.807) is 24.3 Å². The van der Waals surface area contributed by atoms with Gasteiger partial charge in [-0.1, -0.05) is 18.2 Å². The summed E-state index contributed by atoms with van der Waals surface area (Å²) in [5.41, 5.74) is 0.946. The van der Waals surface area contributed by atoms with Gasteiger partial charge in [0.15, 0.2) is 0 Å². The number of anilines is 1. The lowest BCUT2D eigenvalue weighted by Crippen LogP contribution is -2.41. The number of hydrogen-bond acceptors (Lipinski definition) is 4. The Labute approximate surface area is 128 Å². The highest BCUT2D eigenvalue weighted by molar-refractivity contribution is 6.40. The second-order valence-electron chi connectivity index (χ2n) is 4.83. The van der Waals surface area contributed by atoms with Crippen LogP contribution in [0.3, 0.4) is 0 Å². The van der Waals surface area contributed by atoms with E-state index in [4.69, 9.17) is 0 Å². The summed E-state index contributed by atoms with van der Waals surface area (Å²) >= 11 is 0. The number of nitrogens with one attached hydrogen (secondary N) is 2. The highest BCUT2D eigenvalue weighted by Gasteiger charge is 2.25. The van der Waals surface area contributed by atoms with Crippen LogP contribution >= 0.6 is 0 Å². The van der Waals surface area contributed by atoms with Crippen LogP contribution in [0.15, 0.2) is 35.4 Å². The van der Waals surface area contributed by atoms with Gasteiger partial charge in [0.2, 0.25) is 11.8 Å². The number of carbonyl (C=O) groups is 3. The molecule has 0 saturated carbocycles. The fourth-order valence-corrected chi connectivity index (χ4v) is 2.00. The SMILES string of the molecule is CC(=O)NCCNC(=O)C1=NN(c2ccccc2)C(=O)CC1. The summed E-state index contributed by atoms with van der Waals surface area (Å²) < 4.78 is 0. The summed E-state index contributed by atoms with van der Waals surface area (Å²) in [6.45, 7) is 2.09. The topological polar surface area (TPSA) is 90.9 Å². The summed E-state index contributed by atoms with van der Waals surface area (Å²) in [6, 6.07) is 8.98. The van der Waals surface area contributed by atoms with Gasteiger partial charge >= 0.3 is 0 Å². The van der Waals surface area contributed by atoms with Crippen molar-refractivity contribution < 1.29 is 14.4 Å². The minimum Gasteiger partial charge on any atom is -0.355 e. The van der Waals surface area contributed by atoms with Gasteiger partial charge in [0, 0.05) is 32.9 Å². The van der Waals surface area contributed by atoms with E-state index in [-0.39, 0.29) is 24.1 Å². The van der Waals surface area contributed by atoms with Crippen LogP contribution in [0.25, 0.3) is 0 Å². The van der Waals surface area contributed by atoms with Crippen molar-refractivity contribution in [3.8, 4) is 0 Å². The molecule has 0 aromatic heterocycles. The lowest BCUT2D eigenvalue weighted by atomic mass is 10.1. The van der Waals surface area contributed by atoms with Crippen LogP contribution in [0.1, 0.15) is 19.8 Å². The van der Waals surface area contributed by atoms with Gasteiger partial charge in [-0.2, -0.15) is 5.10 Å². The lowest BCUT2D eigenvalue weighted by molar-refractivity contribution is -0.120. The standard InChI is InChI=1S/C15H18N4O3/c1-11(20)16-9-10-17-15(22)13-7-8-14(21)19(18-13)12-5-3-2-4-6-12/h2-6H,7-10H2,1H3,(H,16,20)(H,17,22). The van der Waals surface area contributed by atoms with E-state index in [2.05, 4.69) is 15.7 Å². The van der Waals surface area contributed by atoms with E-state index in [0.29, 0.717) is 30.9 Å². The predicted octanol–water partition coefficient (Wildman–Crippen LogP) is 0.422. The fraction of sp³-hybridized carbons (Fsp3) is 0.333. The first-order valence-electron chi connectivity index (χ1n) is 7.06. The van der Waals surface area contributed by atoms with Gasteiger partial charge < -0.3 is 10.6 Å². The third-order valence-corrected chi connectivity index (χ3v) is 3.08. The predicted molar refractivity (Wildman–Crippen MR) is 82.3 cm³/mol. The van der Waals surface area contributed by atoms with E-state index in [1.165, 1.54) is 11.9 Å². The molecule has 0 fully saturated rings. The zero-order valence-corrected chi connectivity index (χ0v) is 12.3. The Kier molecular flexibility index (Phi) is 5.24. The molecule has 2 N–H and O–H groups in total. The van der Waals surface area contributed by atoms with Crippen molar-refractivity contribution in [3.63, 3.8) is 0 Å². The number of hydrogen-bond donors (Lipinski definition) is 2. The van der Waals surface area contributed by atoms with E-state index < -0.39 is 0 Å². The van der Waals surface area contributed by atoms with Crippen LogP contribution in [-0.4, -0.2) is 36.5 Å². The average Bonchev–Trinajstić information content (AvgIpc) is 2.52. The molecule has 0 atom stereocenters. The van der Waals surface area contributed by atoms with Crippen molar-refractivity contribution in [1.29, 1.82) is 0 Å². The van der Waals surface area contributed by atoms with E-state index in [0.717, 1.165) is 0 Å². The van der Waals surface area contributed by atoms with Crippen molar-refractivity contribution in [2.75, 3.05) is 18.1 Å². The molecule has 3 amide bonds. The van der Waals surface area contributed by atoms with Crippen LogP contribution in [0.5, 0.6) is 0 Å². The molecule has 2 rings (SSSR count). The van der Waals surface area contributed by atoms with Gasteiger partial charge in [0.05, 0.1) is 5.69 Å². The highest BCUT2D eigenvalue weighted by Crippen LogP contribution is 2.19. The first-order chi connectivity index (χ1) is 10.6. The Hall–Kier alpha value is -2.70. The van der Waals surface area contributed by atoms with Crippen LogP contribution in [0, 0.1) is 0 Å². The molecular weight excluding hydrogens is 284 g/mol. The molecule has 7 heteroatoms. The Bertz CT molecular complexity index is 598. The van der Waals surface area contributed by atoms with Gasteiger partial charge in [0.1, 0.15) is 5.71 Å². The quantitative estimate of drug-likeness (QED) is 0.772. The zero-order valence-electron chi connectivity index (χ0n) is 12.3. The molecule has 0 spiro atoms. The molecule has 0 bridgehead atoms. The molecule has 0 saturated heterocycles. The van der Waals surface area contributed by atoms with Crippen molar-refractivity contribution in [2.45, 2.75) is 19.8 Å². The molecular formula is C15H18N4O3. The minimum absolute atomic E-state index is 0.138. The smallest absolute Gasteiger partial charge is 0.267 e. The molecule has 0 unspecified atom stereocenters. The van der Waals surface area contributed by atoms with Gasteiger partial charge in [-0.15, -0.1) is 0 Å². The van der Waals surface area contributed by atoms with E-state index >= 15 is 0 Å². The largest absolute Gasteiger partial charge is 0.355 e. The van der Waals surface area contributed by atoms with Crippen molar-refractivity contribution in [2.24, 2.45) is 5.10 Å². The first-order valence-corrected chi connectivity index (χ1v) is 7.06. The van der Waals surface area contributed by atoms with Crippen LogP contribution in [0.2, 0.25) is 0 Å². The van der Waals surface area contributed by atoms with Crippen molar-refractivity contribution >= 4 is 29.1 Å². The maximum absolute atomic E-state index is 12.0. The molecule has 0 aliphatic carbocycles. The number of hydrazone groups is 1. The Balaban J connectivity index is 1.99. The second-order valence-corrected chi connectivity index (χ2v) is 4.83. The zero-order chi connectivity index (χ0) is 15.9. The molecule has 1 aliphatic rings. The summed E-state index contributed by atoms with van der Waals surface area (Å²) in [4.78, 5) is 34.7. The second kappa shape index (κ2) is 7.35. The normalized spacial score (nSPS) is 14.3. The Morgan fingerprint density at radius 1 is 1.14 bits per heavy atom. The average molecular weight is 302 g/mol. The summed E-state index contributed by atoms with van der Waals surface area (Å²) in [5.74, 6) is -0.607. The molecule has 1 aromatic rings. The van der Waals surface area contributed by atoms with E-state index in [9.17, 15) is 14.4 Å². The minimum atomic E-state index is -0.321. The van der Waals surface area contributed by atoms with Gasteiger partial charge in [-0.25, -0.2) is 5.01 Å². The molecule has 0 radical (unpaired) electrons. The molecule has 1 aromatic carbocycles. The first kappa shape index (κ1) is 15.7. The third kappa shape index (κ3) is 4.15. The Morgan fingerprint density at radius 2 is 1.82 bits per heavy atom. The molecule has 1 aliphatic heterocycles. The summed E-state index contributed by atoms with van der Waals surface area (Å²) in [7, 11) is 0.